The first-order valence-corrected chi connectivity index (χ1v) is 8.82. The van der Waals surface area contributed by atoms with E-state index in [1.54, 1.807) is 12.3 Å². The van der Waals surface area contributed by atoms with Crippen molar-refractivity contribution in [2.45, 2.75) is 13.3 Å². The van der Waals surface area contributed by atoms with Gasteiger partial charge < -0.3 is 15.6 Å². The number of aromatic amines is 1. The van der Waals surface area contributed by atoms with Gasteiger partial charge in [-0.05, 0) is 42.8 Å². The van der Waals surface area contributed by atoms with Crippen molar-refractivity contribution in [2.24, 2.45) is 0 Å². The third-order valence-electron chi connectivity index (χ3n) is 4.40. The lowest BCUT2D eigenvalue weighted by Gasteiger charge is -2.08. The molecule has 2 aromatic heterocycles. The minimum atomic E-state index is -0.0912. The second-order valence-electron chi connectivity index (χ2n) is 6.51. The fourth-order valence-corrected chi connectivity index (χ4v) is 2.98. The Hall–Kier alpha value is -3.60. The Bertz CT molecular complexity index is 1070. The van der Waals surface area contributed by atoms with Crippen LogP contribution >= 0.6 is 0 Å². The summed E-state index contributed by atoms with van der Waals surface area (Å²) in [7, 11) is 0. The van der Waals surface area contributed by atoms with Crippen molar-refractivity contribution in [3.8, 4) is 0 Å². The zero-order valence-corrected chi connectivity index (χ0v) is 15.0. The molecule has 27 heavy (non-hydrogen) atoms. The van der Waals surface area contributed by atoms with Crippen LogP contribution in [0.5, 0.6) is 0 Å². The molecule has 0 bridgehead atoms. The Labute approximate surface area is 157 Å². The molecular formula is C22H20N4O. The number of hydrogen-bond donors (Lipinski definition) is 3. The lowest BCUT2D eigenvalue weighted by Crippen LogP contribution is -2.15. The predicted molar refractivity (Wildman–Crippen MR) is 109 cm³/mol. The van der Waals surface area contributed by atoms with Crippen molar-refractivity contribution in [3.63, 3.8) is 0 Å². The largest absolute Gasteiger partial charge is 0.361 e. The number of hydrogen-bond acceptors (Lipinski definition) is 3. The van der Waals surface area contributed by atoms with Gasteiger partial charge in [-0.1, -0.05) is 35.9 Å². The van der Waals surface area contributed by atoms with Crippen molar-refractivity contribution in [2.75, 3.05) is 10.6 Å². The summed E-state index contributed by atoms with van der Waals surface area (Å²) in [6, 6.07) is 19.8. The molecule has 0 unspecified atom stereocenters. The molecule has 0 saturated heterocycles. The maximum atomic E-state index is 12.4. The average Bonchev–Trinajstić information content (AvgIpc) is 3.08. The third-order valence-corrected chi connectivity index (χ3v) is 4.40. The Kier molecular flexibility index (Phi) is 4.58. The van der Waals surface area contributed by atoms with Crippen LogP contribution in [0.1, 0.15) is 11.1 Å². The van der Waals surface area contributed by atoms with Gasteiger partial charge in [0.05, 0.1) is 18.3 Å². The number of carbonyl (C=O) groups is 1. The standard InChI is InChI=1S/C22H20N4O/c1-15-6-8-17(9-7-15)25-18-10-11-21(24-14-18)26-22(27)12-16-13-23-20-5-3-2-4-19(16)20/h2-11,13-14,23,25H,12H2,1H3,(H,24,26,27). The summed E-state index contributed by atoms with van der Waals surface area (Å²) in [5.41, 5.74) is 5.09. The molecular weight excluding hydrogens is 336 g/mol. The van der Waals surface area contributed by atoms with Gasteiger partial charge in [0.2, 0.25) is 5.91 Å². The summed E-state index contributed by atoms with van der Waals surface area (Å²) >= 11 is 0. The number of fused-ring (bicyclic) bond motifs is 1. The summed E-state index contributed by atoms with van der Waals surface area (Å²) in [6.07, 6.45) is 3.89. The molecule has 4 aromatic rings. The molecule has 0 radical (unpaired) electrons. The minimum Gasteiger partial charge on any atom is -0.361 e. The molecule has 0 aliphatic carbocycles. The van der Waals surface area contributed by atoms with Gasteiger partial charge in [-0.15, -0.1) is 0 Å². The molecule has 0 fully saturated rings. The van der Waals surface area contributed by atoms with E-state index in [1.807, 2.05) is 48.7 Å². The molecule has 134 valence electrons. The molecule has 1 amide bonds. The number of H-pyrrole nitrogens is 1. The van der Waals surface area contributed by atoms with Crippen molar-refractivity contribution >= 4 is 34.0 Å². The van der Waals surface area contributed by atoms with Gasteiger partial charge in [-0.2, -0.15) is 0 Å². The normalized spacial score (nSPS) is 10.7. The maximum Gasteiger partial charge on any atom is 0.230 e. The first-order chi connectivity index (χ1) is 13.2. The number of aryl methyl sites for hydroxylation is 1. The number of nitrogens with zero attached hydrogens (tertiary/aromatic N) is 1. The minimum absolute atomic E-state index is 0.0912. The molecule has 4 rings (SSSR count). The van der Waals surface area contributed by atoms with Gasteiger partial charge in [-0.3, -0.25) is 4.79 Å². The number of pyridine rings is 1. The van der Waals surface area contributed by atoms with Crippen LogP contribution in [-0.2, 0) is 11.2 Å². The smallest absolute Gasteiger partial charge is 0.230 e. The van der Waals surface area contributed by atoms with Crippen LogP contribution in [0.4, 0.5) is 17.2 Å². The highest BCUT2D eigenvalue weighted by Gasteiger charge is 2.09. The lowest BCUT2D eigenvalue weighted by atomic mass is 10.1. The summed E-state index contributed by atoms with van der Waals surface area (Å²) < 4.78 is 0. The van der Waals surface area contributed by atoms with E-state index in [2.05, 4.69) is 39.7 Å². The van der Waals surface area contributed by atoms with E-state index in [0.717, 1.165) is 27.8 Å². The van der Waals surface area contributed by atoms with E-state index in [4.69, 9.17) is 0 Å². The van der Waals surface area contributed by atoms with E-state index >= 15 is 0 Å². The van der Waals surface area contributed by atoms with E-state index in [-0.39, 0.29) is 5.91 Å². The number of rotatable bonds is 5. The topological polar surface area (TPSA) is 69.8 Å². The van der Waals surface area contributed by atoms with Crippen LogP contribution in [-0.4, -0.2) is 15.9 Å². The molecule has 0 atom stereocenters. The Morgan fingerprint density at radius 3 is 2.56 bits per heavy atom. The van der Waals surface area contributed by atoms with E-state index in [9.17, 15) is 4.79 Å². The number of benzene rings is 2. The number of aromatic nitrogens is 2. The molecule has 5 nitrogen and oxygen atoms in total. The predicted octanol–water partition coefficient (Wildman–Crippen LogP) is 4.80. The summed E-state index contributed by atoms with van der Waals surface area (Å²) in [5, 5.41) is 7.21. The molecule has 0 spiro atoms. The zero-order chi connectivity index (χ0) is 18.6. The molecule has 3 N–H and O–H groups in total. The fourth-order valence-electron chi connectivity index (χ4n) is 2.98. The highest BCUT2D eigenvalue weighted by Crippen LogP contribution is 2.20. The quantitative estimate of drug-likeness (QED) is 0.481. The van der Waals surface area contributed by atoms with E-state index in [1.165, 1.54) is 5.56 Å². The maximum absolute atomic E-state index is 12.4. The highest BCUT2D eigenvalue weighted by molar-refractivity contribution is 5.95. The highest BCUT2D eigenvalue weighted by atomic mass is 16.1. The third kappa shape index (κ3) is 3.98. The van der Waals surface area contributed by atoms with E-state index in [0.29, 0.717) is 12.2 Å². The number of anilines is 3. The molecule has 2 aromatic carbocycles. The average molecular weight is 356 g/mol. The first kappa shape index (κ1) is 16.8. The summed E-state index contributed by atoms with van der Waals surface area (Å²) in [6.45, 7) is 2.05. The Morgan fingerprint density at radius 2 is 1.78 bits per heavy atom. The molecule has 2 heterocycles. The zero-order valence-electron chi connectivity index (χ0n) is 15.0. The Balaban J connectivity index is 1.39. The summed E-state index contributed by atoms with van der Waals surface area (Å²) in [4.78, 5) is 19.9. The van der Waals surface area contributed by atoms with Crippen LogP contribution in [0, 0.1) is 6.92 Å². The number of amides is 1. The van der Waals surface area contributed by atoms with Crippen LogP contribution in [0.3, 0.4) is 0 Å². The fraction of sp³-hybridized carbons (Fsp3) is 0.0909. The lowest BCUT2D eigenvalue weighted by molar-refractivity contribution is -0.115. The summed E-state index contributed by atoms with van der Waals surface area (Å²) in [5.74, 6) is 0.445. The number of carbonyl (C=O) groups excluding carboxylic acids is 1. The van der Waals surface area contributed by atoms with Crippen molar-refractivity contribution in [3.05, 3.63) is 84.2 Å². The first-order valence-electron chi connectivity index (χ1n) is 8.82. The molecule has 0 saturated carbocycles. The van der Waals surface area contributed by atoms with Gasteiger partial charge in [0, 0.05) is 22.8 Å². The van der Waals surface area contributed by atoms with Crippen LogP contribution < -0.4 is 10.6 Å². The number of para-hydroxylation sites is 1. The van der Waals surface area contributed by atoms with Crippen molar-refractivity contribution < 1.29 is 4.79 Å². The second kappa shape index (κ2) is 7.33. The SMILES string of the molecule is Cc1ccc(Nc2ccc(NC(=O)Cc3c[nH]c4ccccc34)nc2)cc1. The number of nitrogens with one attached hydrogen (secondary N) is 3. The monoisotopic (exact) mass is 356 g/mol. The van der Waals surface area contributed by atoms with Crippen LogP contribution in [0.15, 0.2) is 73.1 Å². The van der Waals surface area contributed by atoms with Gasteiger partial charge >= 0.3 is 0 Å². The van der Waals surface area contributed by atoms with Gasteiger partial charge in [0.15, 0.2) is 0 Å². The second-order valence-corrected chi connectivity index (χ2v) is 6.51. The van der Waals surface area contributed by atoms with Crippen molar-refractivity contribution in [1.82, 2.24) is 9.97 Å². The molecule has 0 aliphatic rings. The van der Waals surface area contributed by atoms with E-state index < -0.39 is 0 Å². The molecule has 5 heteroatoms. The van der Waals surface area contributed by atoms with Gasteiger partial charge in [-0.25, -0.2) is 4.98 Å². The van der Waals surface area contributed by atoms with Crippen molar-refractivity contribution in [1.29, 1.82) is 0 Å². The Morgan fingerprint density at radius 1 is 1.00 bits per heavy atom. The van der Waals surface area contributed by atoms with Crippen LogP contribution in [0.25, 0.3) is 10.9 Å². The van der Waals surface area contributed by atoms with Gasteiger partial charge in [0.1, 0.15) is 5.82 Å². The van der Waals surface area contributed by atoms with Crippen LogP contribution in [0.2, 0.25) is 0 Å². The molecule has 0 aliphatic heterocycles. The van der Waals surface area contributed by atoms with Gasteiger partial charge in [0.25, 0.3) is 0 Å².